The lowest BCUT2D eigenvalue weighted by Crippen LogP contribution is -1.95. The Hall–Kier alpha value is -3.17. The maximum absolute atomic E-state index is 4.78. The van der Waals surface area contributed by atoms with Crippen LogP contribution < -0.4 is 0 Å². The number of hydrogen-bond acceptors (Lipinski definition) is 2. The van der Waals surface area contributed by atoms with Gasteiger partial charge in [-0.2, -0.15) is 0 Å². The molecule has 3 aromatic carbocycles. The minimum atomic E-state index is 1.09. The van der Waals surface area contributed by atoms with Gasteiger partial charge in [0.05, 0.1) is 31.5 Å². The Morgan fingerprint density at radius 1 is 0.731 bits per heavy atom. The van der Waals surface area contributed by atoms with Crippen LogP contribution in [0.3, 0.4) is 0 Å². The summed E-state index contributed by atoms with van der Waals surface area (Å²) in [5.41, 5.74) is 4.96. The predicted molar refractivity (Wildman–Crippen MR) is 112 cm³/mol. The van der Waals surface area contributed by atoms with Crippen LogP contribution in [0.25, 0.3) is 58.4 Å². The predicted octanol–water partition coefficient (Wildman–Crippen LogP) is 6.60. The fraction of sp³-hybridized carbons (Fsp3) is 0. The molecule has 120 valence electrons. The third-order valence-electron chi connectivity index (χ3n) is 5.54. The number of rotatable bonds is 0. The van der Waals surface area contributed by atoms with E-state index >= 15 is 0 Å². The zero-order chi connectivity index (χ0) is 16.8. The first-order valence-electron chi connectivity index (χ1n) is 8.74. The highest BCUT2D eigenvalue weighted by atomic mass is 32.1. The van der Waals surface area contributed by atoms with Crippen LogP contribution in [0.4, 0.5) is 0 Å². The molecule has 4 heterocycles. The van der Waals surface area contributed by atoms with E-state index in [0.717, 1.165) is 5.52 Å². The highest BCUT2D eigenvalue weighted by Gasteiger charge is 2.19. The standard InChI is InChI=1S/C23H12N2S/c1-2-7-15-13(5-1)11-17-20-16(8-4-10-24-20)18-12-14-6-3-9-19-21(14)25(18)22(17)23(15)26-19/h1-12H. The van der Waals surface area contributed by atoms with Crippen molar-refractivity contribution in [2.45, 2.75) is 0 Å². The monoisotopic (exact) mass is 348 g/mol. The summed E-state index contributed by atoms with van der Waals surface area (Å²) in [4.78, 5) is 4.78. The van der Waals surface area contributed by atoms with Gasteiger partial charge in [-0.15, -0.1) is 11.3 Å². The first kappa shape index (κ1) is 13.1. The Kier molecular flexibility index (Phi) is 2.17. The molecule has 2 nitrogen and oxygen atoms in total. The molecule has 0 saturated heterocycles. The van der Waals surface area contributed by atoms with Crippen LogP contribution in [0.2, 0.25) is 0 Å². The summed E-state index contributed by atoms with van der Waals surface area (Å²) in [7, 11) is 0. The Morgan fingerprint density at radius 2 is 1.62 bits per heavy atom. The summed E-state index contributed by atoms with van der Waals surface area (Å²) in [5, 5.41) is 6.34. The average Bonchev–Trinajstić information content (AvgIpc) is 3.09. The van der Waals surface area contributed by atoms with Crippen LogP contribution in [-0.4, -0.2) is 9.38 Å². The molecule has 0 aliphatic heterocycles. The van der Waals surface area contributed by atoms with E-state index in [2.05, 4.69) is 65.1 Å². The van der Waals surface area contributed by atoms with Crippen molar-refractivity contribution in [2.24, 2.45) is 0 Å². The van der Waals surface area contributed by atoms with Crippen molar-refractivity contribution < 1.29 is 0 Å². The van der Waals surface area contributed by atoms with E-state index < -0.39 is 0 Å². The highest BCUT2D eigenvalue weighted by Crippen LogP contribution is 2.43. The smallest absolute Gasteiger partial charge is 0.0817 e. The minimum Gasteiger partial charge on any atom is -0.306 e. The number of pyridine rings is 2. The maximum Gasteiger partial charge on any atom is 0.0817 e. The molecule has 0 atom stereocenters. The van der Waals surface area contributed by atoms with Gasteiger partial charge in [-0.1, -0.05) is 36.4 Å². The molecule has 0 bridgehead atoms. The van der Waals surface area contributed by atoms with Gasteiger partial charge in [0.25, 0.3) is 0 Å². The van der Waals surface area contributed by atoms with Crippen molar-refractivity contribution in [1.82, 2.24) is 9.38 Å². The Balaban J connectivity index is 2.01. The Bertz CT molecular complexity index is 1630. The maximum atomic E-state index is 4.78. The van der Waals surface area contributed by atoms with Crippen molar-refractivity contribution in [3.8, 4) is 0 Å². The molecule has 0 radical (unpaired) electrons. The number of aromatic nitrogens is 2. The van der Waals surface area contributed by atoms with E-state index in [1.165, 1.54) is 52.9 Å². The van der Waals surface area contributed by atoms with Crippen molar-refractivity contribution in [2.75, 3.05) is 0 Å². The number of para-hydroxylation sites is 1. The molecular weight excluding hydrogens is 336 g/mol. The summed E-state index contributed by atoms with van der Waals surface area (Å²) < 4.78 is 5.13. The molecule has 0 amide bonds. The Labute approximate surface area is 152 Å². The Morgan fingerprint density at radius 3 is 2.62 bits per heavy atom. The highest BCUT2D eigenvalue weighted by molar-refractivity contribution is 7.25. The summed E-state index contributed by atoms with van der Waals surface area (Å²) in [6, 6.07) is 24.2. The van der Waals surface area contributed by atoms with Crippen LogP contribution in [0.1, 0.15) is 0 Å². The van der Waals surface area contributed by atoms with E-state index in [0.29, 0.717) is 0 Å². The molecule has 0 unspecified atom stereocenters. The topological polar surface area (TPSA) is 17.3 Å². The van der Waals surface area contributed by atoms with Crippen molar-refractivity contribution in [1.29, 1.82) is 0 Å². The zero-order valence-electron chi connectivity index (χ0n) is 13.7. The normalized spacial score (nSPS) is 12.6. The number of fused-ring (bicyclic) bond motifs is 5. The van der Waals surface area contributed by atoms with Gasteiger partial charge >= 0.3 is 0 Å². The lowest BCUT2D eigenvalue weighted by atomic mass is 10.0. The van der Waals surface area contributed by atoms with E-state index in [-0.39, 0.29) is 0 Å². The molecule has 7 rings (SSSR count). The largest absolute Gasteiger partial charge is 0.306 e. The lowest BCUT2D eigenvalue weighted by molar-refractivity contribution is 1.35. The third kappa shape index (κ3) is 1.39. The van der Waals surface area contributed by atoms with Gasteiger partial charge < -0.3 is 4.40 Å². The van der Waals surface area contributed by atoms with E-state index in [1.807, 2.05) is 23.6 Å². The van der Waals surface area contributed by atoms with E-state index in [9.17, 15) is 0 Å². The summed E-state index contributed by atoms with van der Waals surface area (Å²) in [6.07, 6.45) is 1.90. The average molecular weight is 348 g/mol. The summed E-state index contributed by atoms with van der Waals surface area (Å²) in [6.45, 7) is 0. The van der Waals surface area contributed by atoms with Crippen molar-refractivity contribution in [3.05, 3.63) is 72.9 Å². The van der Waals surface area contributed by atoms with Gasteiger partial charge in [-0.25, -0.2) is 0 Å². The fourth-order valence-electron chi connectivity index (χ4n) is 4.49. The van der Waals surface area contributed by atoms with Gasteiger partial charge in [0.2, 0.25) is 0 Å². The van der Waals surface area contributed by atoms with Gasteiger partial charge in [-0.3, -0.25) is 4.98 Å². The summed E-state index contributed by atoms with van der Waals surface area (Å²) >= 11 is 1.89. The molecule has 0 aliphatic rings. The van der Waals surface area contributed by atoms with Gasteiger partial charge in [-0.05, 0) is 35.7 Å². The SMILES string of the molecule is c1ccc2c(c1)cc1c3ncccc3c3cc4cccc5sc2c1n3c45. The second-order valence-electron chi connectivity index (χ2n) is 6.88. The van der Waals surface area contributed by atoms with Gasteiger partial charge in [0.1, 0.15) is 0 Å². The molecule has 0 fully saturated rings. The quantitative estimate of drug-likeness (QED) is 0.223. The number of hydrogen-bond donors (Lipinski definition) is 0. The van der Waals surface area contributed by atoms with E-state index in [4.69, 9.17) is 4.98 Å². The molecule has 26 heavy (non-hydrogen) atoms. The number of nitrogens with zero attached hydrogens (tertiary/aromatic N) is 2. The molecule has 0 spiro atoms. The molecule has 7 aromatic rings. The van der Waals surface area contributed by atoms with Crippen molar-refractivity contribution in [3.63, 3.8) is 0 Å². The fourth-order valence-corrected chi connectivity index (χ4v) is 5.75. The second kappa shape index (κ2) is 4.32. The van der Waals surface area contributed by atoms with E-state index in [1.54, 1.807) is 0 Å². The summed E-state index contributed by atoms with van der Waals surface area (Å²) in [5.74, 6) is 0. The molecular formula is C23H12N2S. The minimum absolute atomic E-state index is 1.09. The van der Waals surface area contributed by atoms with Crippen LogP contribution in [0.5, 0.6) is 0 Å². The second-order valence-corrected chi connectivity index (χ2v) is 7.94. The van der Waals surface area contributed by atoms with Crippen LogP contribution in [-0.2, 0) is 0 Å². The molecule has 0 aliphatic carbocycles. The molecule has 3 heteroatoms. The number of benzene rings is 3. The molecule has 0 saturated carbocycles. The molecule has 0 N–H and O–H groups in total. The van der Waals surface area contributed by atoms with Gasteiger partial charge in [0, 0.05) is 27.7 Å². The lowest BCUT2D eigenvalue weighted by Gasteiger charge is -2.15. The third-order valence-corrected chi connectivity index (χ3v) is 6.70. The van der Waals surface area contributed by atoms with Crippen LogP contribution >= 0.6 is 11.3 Å². The zero-order valence-corrected chi connectivity index (χ0v) is 14.5. The molecule has 4 aromatic heterocycles. The van der Waals surface area contributed by atoms with Crippen molar-refractivity contribution >= 4 is 69.7 Å². The van der Waals surface area contributed by atoms with Crippen LogP contribution in [0, 0.1) is 0 Å². The van der Waals surface area contributed by atoms with Crippen LogP contribution in [0.15, 0.2) is 72.9 Å². The van der Waals surface area contributed by atoms with Gasteiger partial charge in [0.15, 0.2) is 0 Å². The first-order chi connectivity index (χ1) is 12.9. The first-order valence-corrected chi connectivity index (χ1v) is 9.56.